The van der Waals surface area contributed by atoms with Crippen molar-refractivity contribution in [3.05, 3.63) is 54.0 Å². The highest BCUT2D eigenvalue weighted by atomic mass is 32.2. The highest BCUT2D eigenvalue weighted by Gasteiger charge is 2.37. The molecule has 3 heterocycles. The summed E-state index contributed by atoms with van der Waals surface area (Å²) in [5, 5.41) is 10.4. The van der Waals surface area contributed by atoms with E-state index in [1.165, 1.54) is 4.90 Å². The van der Waals surface area contributed by atoms with E-state index in [4.69, 9.17) is 4.42 Å². The lowest BCUT2D eigenvalue weighted by Crippen LogP contribution is -2.39. The summed E-state index contributed by atoms with van der Waals surface area (Å²) < 4.78 is 5.29. The first-order valence-corrected chi connectivity index (χ1v) is 9.46. The Hall–Kier alpha value is -1.72. The zero-order valence-corrected chi connectivity index (χ0v) is 14.2. The van der Waals surface area contributed by atoms with Crippen LogP contribution in [0.15, 0.2) is 52.0 Å². The summed E-state index contributed by atoms with van der Waals surface area (Å²) in [4.78, 5) is 16.3. The quantitative estimate of drug-likeness (QED) is 0.922. The second-order valence-electron chi connectivity index (χ2n) is 6.50. The molecule has 24 heavy (non-hydrogen) atoms. The number of aliphatic hydroxyl groups is 1. The van der Waals surface area contributed by atoms with E-state index in [1.807, 2.05) is 17.0 Å². The van der Waals surface area contributed by atoms with Gasteiger partial charge in [0.25, 0.3) is 0 Å². The SMILES string of the molecule is O=C([C@@H]1CSc2ccccc21)N1CCC[C@H]1C[C@@H](O)c1ccco1. The largest absolute Gasteiger partial charge is 0.467 e. The van der Waals surface area contributed by atoms with Gasteiger partial charge < -0.3 is 14.4 Å². The number of amides is 1. The number of nitrogens with zero attached hydrogens (tertiary/aromatic N) is 1. The summed E-state index contributed by atoms with van der Waals surface area (Å²) in [5.74, 6) is 1.56. The van der Waals surface area contributed by atoms with E-state index in [2.05, 4.69) is 12.1 Å². The van der Waals surface area contributed by atoms with Gasteiger partial charge in [0.05, 0.1) is 12.2 Å². The first-order chi connectivity index (χ1) is 11.7. The molecule has 0 radical (unpaired) electrons. The number of fused-ring (bicyclic) bond motifs is 1. The molecule has 0 spiro atoms. The van der Waals surface area contributed by atoms with Crippen molar-refractivity contribution in [2.45, 2.75) is 42.2 Å². The standard InChI is InChI=1S/C19H21NO3S/c21-16(17-7-4-10-23-17)11-13-5-3-9-20(13)19(22)15-12-24-18-8-2-1-6-14(15)18/h1-2,4,6-8,10,13,15-16,21H,3,5,9,11-12H2/t13-,15+,16+/m0/s1. The minimum atomic E-state index is -0.649. The second-order valence-corrected chi connectivity index (χ2v) is 7.56. The molecule has 1 saturated heterocycles. The minimum Gasteiger partial charge on any atom is -0.467 e. The predicted octanol–water partition coefficient (Wildman–Crippen LogP) is 3.58. The summed E-state index contributed by atoms with van der Waals surface area (Å²) in [6.45, 7) is 0.789. The van der Waals surface area contributed by atoms with Crippen LogP contribution in [0, 0.1) is 0 Å². The lowest BCUT2D eigenvalue weighted by Gasteiger charge is -2.28. The molecule has 1 aromatic heterocycles. The fourth-order valence-electron chi connectivity index (χ4n) is 3.79. The molecule has 2 aromatic rings. The predicted molar refractivity (Wildman–Crippen MR) is 92.9 cm³/mol. The maximum absolute atomic E-state index is 13.1. The van der Waals surface area contributed by atoms with E-state index < -0.39 is 6.10 Å². The van der Waals surface area contributed by atoms with Gasteiger partial charge in [-0.2, -0.15) is 0 Å². The third kappa shape index (κ3) is 2.87. The van der Waals surface area contributed by atoms with Crippen molar-refractivity contribution in [1.82, 2.24) is 4.90 Å². The van der Waals surface area contributed by atoms with Crippen LogP contribution < -0.4 is 0 Å². The molecule has 0 saturated carbocycles. The Morgan fingerprint density at radius 3 is 3.04 bits per heavy atom. The van der Waals surface area contributed by atoms with Crippen LogP contribution in [0.3, 0.4) is 0 Å². The summed E-state index contributed by atoms with van der Waals surface area (Å²) in [7, 11) is 0. The van der Waals surface area contributed by atoms with Crippen molar-refractivity contribution in [2.75, 3.05) is 12.3 Å². The Balaban J connectivity index is 1.48. The van der Waals surface area contributed by atoms with Crippen LogP contribution >= 0.6 is 11.8 Å². The minimum absolute atomic E-state index is 0.0486. The average Bonchev–Trinajstić information content (AvgIpc) is 3.34. The van der Waals surface area contributed by atoms with Crippen LogP contribution in [0.5, 0.6) is 0 Å². The zero-order chi connectivity index (χ0) is 16.5. The van der Waals surface area contributed by atoms with Crippen LogP contribution in [0.4, 0.5) is 0 Å². The maximum atomic E-state index is 13.1. The molecular formula is C19H21NO3S. The van der Waals surface area contributed by atoms with E-state index in [0.29, 0.717) is 12.2 Å². The Labute approximate surface area is 145 Å². The molecule has 126 valence electrons. The van der Waals surface area contributed by atoms with Crippen molar-refractivity contribution < 1.29 is 14.3 Å². The molecule has 0 bridgehead atoms. The van der Waals surface area contributed by atoms with E-state index in [9.17, 15) is 9.90 Å². The van der Waals surface area contributed by atoms with Crippen LogP contribution in [-0.2, 0) is 4.79 Å². The molecule has 2 aliphatic rings. The van der Waals surface area contributed by atoms with E-state index in [-0.39, 0.29) is 17.9 Å². The summed E-state index contributed by atoms with van der Waals surface area (Å²) in [5.41, 5.74) is 1.16. The van der Waals surface area contributed by atoms with Crippen LogP contribution in [0.1, 0.15) is 42.6 Å². The van der Waals surface area contributed by atoms with Crippen molar-refractivity contribution in [1.29, 1.82) is 0 Å². The number of benzene rings is 1. The number of carbonyl (C=O) groups excluding carboxylic acids is 1. The van der Waals surface area contributed by atoms with Crippen LogP contribution in [0.25, 0.3) is 0 Å². The number of likely N-dealkylation sites (tertiary alicyclic amines) is 1. The molecule has 1 fully saturated rings. The lowest BCUT2D eigenvalue weighted by molar-refractivity contribution is -0.133. The smallest absolute Gasteiger partial charge is 0.231 e. The van der Waals surface area contributed by atoms with E-state index in [1.54, 1.807) is 30.2 Å². The third-order valence-electron chi connectivity index (χ3n) is 5.03. The molecule has 4 nitrogen and oxygen atoms in total. The van der Waals surface area contributed by atoms with Gasteiger partial charge in [0.15, 0.2) is 0 Å². The molecule has 5 heteroatoms. The second kappa shape index (κ2) is 6.65. The molecule has 0 unspecified atom stereocenters. The number of aliphatic hydroxyl groups excluding tert-OH is 1. The molecule has 1 aromatic carbocycles. The Kier molecular flexibility index (Phi) is 4.37. The van der Waals surface area contributed by atoms with E-state index in [0.717, 1.165) is 30.7 Å². The molecule has 2 aliphatic heterocycles. The molecule has 1 amide bonds. The third-order valence-corrected chi connectivity index (χ3v) is 6.21. The highest BCUT2D eigenvalue weighted by Crippen LogP contribution is 2.41. The number of furan rings is 1. The number of rotatable bonds is 4. The van der Waals surface area contributed by atoms with Gasteiger partial charge in [-0.15, -0.1) is 11.8 Å². The van der Waals surface area contributed by atoms with Crippen molar-refractivity contribution in [3.8, 4) is 0 Å². The maximum Gasteiger partial charge on any atom is 0.231 e. The topological polar surface area (TPSA) is 53.7 Å². The molecule has 1 N–H and O–H groups in total. The fourth-order valence-corrected chi connectivity index (χ4v) is 5.01. The number of hydrogen-bond acceptors (Lipinski definition) is 4. The molecular weight excluding hydrogens is 322 g/mol. The van der Waals surface area contributed by atoms with Gasteiger partial charge in [0.2, 0.25) is 5.91 Å². The number of thioether (sulfide) groups is 1. The summed E-state index contributed by atoms with van der Waals surface area (Å²) in [6, 6.07) is 11.9. The Morgan fingerprint density at radius 2 is 2.21 bits per heavy atom. The van der Waals surface area contributed by atoms with Gasteiger partial charge in [-0.05, 0) is 36.6 Å². The van der Waals surface area contributed by atoms with Gasteiger partial charge in [0.1, 0.15) is 11.9 Å². The fraction of sp³-hybridized carbons (Fsp3) is 0.421. The van der Waals surface area contributed by atoms with Crippen molar-refractivity contribution >= 4 is 17.7 Å². The summed E-state index contributed by atoms with van der Waals surface area (Å²) in [6.07, 6.45) is 3.42. The van der Waals surface area contributed by atoms with Gasteiger partial charge in [-0.1, -0.05) is 18.2 Å². The van der Waals surface area contributed by atoms with Crippen LogP contribution in [-0.4, -0.2) is 34.3 Å². The lowest BCUT2D eigenvalue weighted by atomic mass is 9.98. The van der Waals surface area contributed by atoms with Gasteiger partial charge >= 0.3 is 0 Å². The number of hydrogen-bond donors (Lipinski definition) is 1. The normalized spacial score (nSPS) is 24.1. The molecule has 4 rings (SSSR count). The average molecular weight is 343 g/mol. The highest BCUT2D eigenvalue weighted by molar-refractivity contribution is 7.99. The first kappa shape index (κ1) is 15.8. The Morgan fingerprint density at radius 1 is 1.33 bits per heavy atom. The Bertz CT molecular complexity index is 715. The van der Waals surface area contributed by atoms with Crippen molar-refractivity contribution in [3.63, 3.8) is 0 Å². The van der Waals surface area contributed by atoms with Crippen molar-refractivity contribution in [2.24, 2.45) is 0 Å². The summed E-state index contributed by atoms with van der Waals surface area (Å²) >= 11 is 1.76. The molecule has 3 atom stereocenters. The van der Waals surface area contributed by atoms with Gasteiger partial charge in [0, 0.05) is 29.7 Å². The molecule has 0 aliphatic carbocycles. The van der Waals surface area contributed by atoms with Crippen LogP contribution in [0.2, 0.25) is 0 Å². The van der Waals surface area contributed by atoms with E-state index >= 15 is 0 Å². The monoisotopic (exact) mass is 343 g/mol. The van der Waals surface area contributed by atoms with Gasteiger partial charge in [-0.25, -0.2) is 0 Å². The zero-order valence-electron chi connectivity index (χ0n) is 13.4. The number of carbonyl (C=O) groups is 1. The van der Waals surface area contributed by atoms with Gasteiger partial charge in [-0.3, -0.25) is 4.79 Å². The first-order valence-electron chi connectivity index (χ1n) is 8.47.